The molecule has 1 atom stereocenters. The Hall–Kier alpha value is -4.16. The number of benzene rings is 1. The topological polar surface area (TPSA) is 137 Å². The molecule has 0 radical (unpaired) electrons. The highest BCUT2D eigenvalue weighted by molar-refractivity contribution is 5.72. The number of rotatable bonds is 7. The summed E-state index contributed by atoms with van der Waals surface area (Å²) >= 11 is 0. The van der Waals surface area contributed by atoms with Crippen LogP contribution in [0.3, 0.4) is 0 Å². The van der Waals surface area contributed by atoms with Gasteiger partial charge in [-0.05, 0) is 25.1 Å². The second-order valence-corrected chi connectivity index (χ2v) is 8.70. The first kappa shape index (κ1) is 26.9. The van der Waals surface area contributed by atoms with Crippen LogP contribution in [-0.2, 0) is 16.0 Å². The van der Waals surface area contributed by atoms with Crippen LogP contribution in [0.5, 0.6) is 5.75 Å². The normalized spacial score (nSPS) is 15.8. The van der Waals surface area contributed by atoms with Crippen molar-refractivity contribution in [2.75, 3.05) is 24.6 Å². The predicted molar refractivity (Wildman–Crippen MR) is 136 cm³/mol. The van der Waals surface area contributed by atoms with Gasteiger partial charge in [-0.3, -0.25) is 0 Å². The first-order valence-electron chi connectivity index (χ1n) is 11.8. The molecule has 0 amide bonds. The lowest BCUT2D eigenvalue weighted by Gasteiger charge is -2.19. The van der Waals surface area contributed by atoms with Gasteiger partial charge in [0, 0.05) is 66.9 Å². The molecule has 10 nitrogen and oxygen atoms in total. The van der Waals surface area contributed by atoms with Crippen LogP contribution >= 0.6 is 0 Å². The number of aliphatic carboxylic acids is 1. The van der Waals surface area contributed by atoms with E-state index in [9.17, 15) is 18.7 Å². The Bertz CT molecular complexity index is 1410. The lowest BCUT2D eigenvalue weighted by atomic mass is 10.1. The first-order chi connectivity index (χ1) is 17.9. The monoisotopic (exact) mass is 526 g/mol. The van der Waals surface area contributed by atoms with E-state index >= 15 is 0 Å². The molecule has 5 rings (SSSR count). The molecule has 0 bridgehead atoms. The number of alkyl halides is 2. The average molecular weight is 527 g/mol. The van der Waals surface area contributed by atoms with Crippen molar-refractivity contribution >= 4 is 17.6 Å². The van der Waals surface area contributed by atoms with Crippen LogP contribution in [0.1, 0.15) is 23.4 Å². The van der Waals surface area contributed by atoms with E-state index in [0.29, 0.717) is 37.4 Å². The van der Waals surface area contributed by atoms with Gasteiger partial charge in [-0.2, -0.15) is 8.78 Å². The standard InChI is InChI=1S/C26H25F2N5O4.H3N/c1-16-20(12-17-4-2-3-5-21(17)37-25(27)28)33-15-18(6-7-23(33)31-16)19-13-29-26(30-14-19)32-9-8-22(24(34)35)36-11-10-32;/h2-7,13-15,22,25H,8-12H2,1H3,(H,34,35);1H3. The van der Waals surface area contributed by atoms with Crippen molar-refractivity contribution < 1.29 is 28.2 Å². The molecule has 200 valence electrons. The van der Waals surface area contributed by atoms with Crippen LogP contribution in [0.25, 0.3) is 16.8 Å². The number of carbonyl (C=O) groups is 1. The maximum atomic E-state index is 12.9. The molecule has 1 saturated heterocycles. The van der Waals surface area contributed by atoms with Gasteiger partial charge in [0.2, 0.25) is 5.95 Å². The molecule has 1 aromatic carbocycles. The number of imidazole rings is 1. The minimum Gasteiger partial charge on any atom is -0.479 e. The number of hydrogen-bond donors (Lipinski definition) is 2. The van der Waals surface area contributed by atoms with Crippen LogP contribution in [0, 0.1) is 6.92 Å². The van der Waals surface area contributed by atoms with Crippen molar-refractivity contribution in [1.82, 2.24) is 25.5 Å². The summed E-state index contributed by atoms with van der Waals surface area (Å²) in [4.78, 5) is 26.8. The summed E-state index contributed by atoms with van der Waals surface area (Å²) in [5.74, 6) is -0.317. The molecule has 1 fully saturated rings. The van der Waals surface area contributed by atoms with Crippen LogP contribution in [0.4, 0.5) is 14.7 Å². The third-order valence-electron chi connectivity index (χ3n) is 6.34. The smallest absolute Gasteiger partial charge is 0.387 e. The molecule has 0 saturated carbocycles. The van der Waals surface area contributed by atoms with Crippen molar-refractivity contribution in [1.29, 1.82) is 0 Å². The van der Waals surface area contributed by atoms with E-state index in [4.69, 9.17) is 9.47 Å². The van der Waals surface area contributed by atoms with Crippen LogP contribution in [-0.4, -0.2) is 62.8 Å². The Morgan fingerprint density at radius 1 is 1.16 bits per heavy atom. The lowest BCUT2D eigenvalue weighted by molar-refractivity contribution is -0.149. The zero-order valence-corrected chi connectivity index (χ0v) is 20.8. The number of anilines is 1. The molecule has 1 aliphatic heterocycles. The predicted octanol–water partition coefficient (Wildman–Crippen LogP) is 4.13. The van der Waals surface area contributed by atoms with Gasteiger partial charge in [0.25, 0.3) is 0 Å². The zero-order chi connectivity index (χ0) is 25.9. The van der Waals surface area contributed by atoms with Gasteiger partial charge in [-0.1, -0.05) is 18.2 Å². The van der Waals surface area contributed by atoms with Gasteiger partial charge >= 0.3 is 12.6 Å². The number of ether oxygens (including phenoxy) is 2. The Morgan fingerprint density at radius 2 is 1.92 bits per heavy atom. The lowest BCUT2D eigenvalue weighted by Crippen LogP contribution is -2.28. The van der Waals surface area contributed by atoms with Crippen LogP contribution in [0.2, 0.25) is 0 Å². The highest BCUT2D eigenvalue weighted by Crippen LogP contribution is 2.27. The quantitative estimate of drug-likeness (QED) is 0.364. The second kappa shape index (κ2) is 11.5. The van der Waals surface area contributed by atoms with Crippen molar-refractivity contribution in [2.45, 2.75) is 32.5 Å². The van der Waals surface area contributed by atoms with E-state index in [0.717, 1.165) is 28.2 Å². The number of aromatic nitrogens is 4. The maximum absolute atomic E-state index is 12.9. The number of pyridine rings is 1. The summed E-state index contributed by atoms with van der Waals surface area (Å²) < 4.78 is 37.8. The van der Waals surface area contributed by atoms with Gasteiger partial charge < -0.3 is 30.0 Å². The molecule has 0 aliphatic carbocycles. The summed E-state index contributed by atoms with van der Waals surface area (Å²) in [6.07, 6.45) is 5.27. The van der Waals surface area contributed by atoms with Gasteiger partial charge in [-0.15, -0.1) is 0 Å². The molecule has 4 N–H and O–H groups in total. The van der Waals surface area contributed by atoms with Crippen molar-refractivity contribution in [3.05, 3.63) is 71.9 Å². The Morgan fingerprint density at radius 3 is 2.66 bits per heavy atom. The van der Waals surface area contributed by atoms with Crippen molar-refractivity contribution in [3.63, 3.8) is 0 Å². The molecule has 38 heavy (non-hydrogen) atoms. The Kier molecular flexibility index (Phi) is 8.13. The zero-order valence-electron chi connectivity index (χ0n) is 20.8. The number of nitrogens with zero attached hydrogens (tertiary/aromatic N) is 5. The molecular weight excluding hydrogens is 498 g/mol. The van der Waals surface area contributed by atoms with Crippen LogP contribution in [0.15, 0.2) is 55.0 Å². The highest BCUT2D eigenvalue weighted by atomic mass is 19.3. The largest absolute Gasteiger partial charge is 0.479 e. The number of carboxylic acid groups (broad SMARTS) is 1. The second-order valence-electron chi connectivity index (χ2n) is 8.70. The van der Waals surface area contributed by atoms with E-state index in [1.54, 1.807) is 30.6 Å². The van der Waals surface area contributed by atoms with E-state index in [1.807, 2.05) is 34.6 Å². The van der Waals surface area contributed by atoms with Gasteiger partial charge in [0.05, 0.1) is 12.3 Å². The van der Waals surface area contributed by atoms with Crippen molar-refractivity contribution in [2.24, 2.45) is 0 Å². The molecular formula is C26H28F2N6O4. The van der Waals surface area contributed by atoms with E-state index < -0.39 is 18.7 Å². The van der Waals surface area contributed by atoms with Crippen molar-refractivity contribution in [3.8, 4) is 16.9 Å². The fourth-order valence-electron chi connectivity index (χ4n) is 4.44. The average Bonchev–Trinajstić information content (AvgIpc) is 3.04. The molecule has 4 aromatic rings. The van der Waals surface area contributed by atoms with E-state index in [1.165, 1.54) is 6.07 Å². The highest BCUT2D eigenvalue weighted by Gasteiger charge is 2.24. The number of fused-ring (bicyclic) bond motifs is 1. The summed E-state index contributed by atoms with van der Waals surface area (Å²) in [6.45, 7) is 0.253. The number of halogens is 2. The molecule has 1 unspecified atom stereocenters. The third-order valence-corrected chi connectivity index (χ3v) is 6.34. The summed E-state index contributed by atoms with van der Waals surface area (Å²) in [6, 6.07) is 10.6. The minimum absolute atomic E-state index is 0. The fraction of sp³-hybridized carbons (Fsp3) is 0.308. The summed E-state index contributed by atoms with van der Waals surface area (Å²) in [5.41, 5.74) is 4.67. The minimum atomic E-state index is -2.90. The number of carboxylic acids is 1. The molecule has 0 spiro atoms. The van der Waals surface area contributed by atoms with E-state index in [-0.39, 0.29) is 18.5 Å². The van der Waals surface area contributed by atoms with Crippen LogP contribution < -0.4 is 15.8 Å². The number of hydrogen-bond acceptors (Lipinski definition) is 8. The number of aryl methyl sites for hydroxylation is 1. The third kappa shape index (κ3) is 5.71. The molecule has 12 heteroatoms. The Labute approximate surface area is 217 Å². The Balaban J connectivity index is 0.00000336. The van der Waals surface area contributed by atoms with Gasteiger partial charge in [-0.25, -0.2) is 19.7 Å². The molecule has 3 aromatic heterocycles. The van der Waals surface area contributed by atoms with E-state index in [2.05, 4.69) is 15.0 Å². The number of para-hydroxylation sites is 1. The summed E-state index contributed by atoms with van der Waals surface area (Å²) in [7, 11) is 0. The first-order valence-corrected chi connectivity index (χ1v) is 11.8. The fourth-order valence-corrected chi connectivity index (χ4v) is 4.44. The molecule has 4 heterocycles. The molecule has 1 aliphatic rings. The maximum Gasteiger partial charge on any atom is 0.387 e. The van der Waals surface area contributed by atoms with Gasteiger partial charge in [0.1, 0.15) is 11.4 Å². The summed E-state index contributed by atoms with van der Waals surface area (Å²) in [5, 5.41) is 9.19. The van der Waals surface area contributed by atoms with Gasteiger partial charge in [0.15, 0.2) is 6.10 Å². The SMILES string of the molecule is Cc1nc2ccc(-c3cnc(N4CCOC(C(=O)O)CC4)nc3)cn2c1Cc1ccccc1OC(F)F.N.